The number of hydrogen-bond acceptors (Lipinski definition) is 6. The Kier molecular flexibility index (Phi) is 3.73. The van der Waals surface area contributed by atoms with Crippen molar-refractivity contribution in [2.75, 3.05) is 5.32 Å². The van der Waals surface area contributed by atoms with Gasteiger partial charge in [-0.05, 0) is 23.6 Å². The fraction of sp³-hybridized carbons (Fsp3) is 0.0625. The van der Waals surface area contributed by atoms with E-state index in [2.05, 4.69) is 5.32 Å². The third-order valence-corrected chi connectivity index (χ3v) is 4.05. The van der Waals surface area contributed by atoms with Crippen LogP contribution >= 0.6 is 11.3 Å². The molecular formula is C16H10N2O3S. The first-order chi connectivity index (χ1) is 10.7. The van der Waals surface area contributed by atoms with Crippen molar-refractivity contribution in [3.8, 4) is 6.07 Å². The minimum atomic E-state index is -0.363. The number of nitriles is 1. The Labute approximate surface area is 130 Å². The van der Waals surface area contributed by atoms with Crippen molar-refractivity contribution in [2.24, 2.45) is 0 Å². The van der Waals surface area contributed by atoms with Gasteiger partial charge in [-0.15, -0.1) is 11.3 Å². The van der Waals surface area contributed by atoms with Gasteiger partial charge in [-0.3, -0.25) is 4.79 Å². The Balaban J connectivity index is 1.81. The Bertz CT molecular complexity index is 816. The zero-order valence-electron chi connectivity index (χ0n) is 11.3. The number of rotatable bonds is 4. The number of hydrogen-bond donors (Lipinski definition) is 1. The number of thiophene rings is 1. The van der Waals surface area contributed by atoms with Crippen LogP contribution in [0.3, 0.4) is 0 Å². The fourth-order valence-electron chi connectivity index (χ4n) is 2.05. The molecule has 5 nitrogen and oxygen atoms in total. The van der Waals surface area contributed by atoms with Gasteiger partial charge >= 0.3 is 5.97 Å². The molecule has 1 aromatic carbocycles. The number of nitrogens with zero attached hydrogens (tertiary/aromatic N) is 1. The van der Waals surface area contributed by atoms with Crippen LogP contribution in [0.4, 0.5) is 5.69 Å². The maximum absolute atomic E-state index is 12.1. The Morgan fingerprint density at radius 1 is 1.41 bits per heavy atom. The average Bonchev–Trinajstić information content (AvgIpc) is 3.18. The Morgan fingerprint density at radius 2 is 2.27 bits per heavy atom. The van der Waals surface area contributed by atoms with Gasteiger partial charge in [-0.2, -0.15) is 5.26 Å². The van der Waals surface area contributed by atoms with Crippen molar-refractivity contribution in [1.29, 1.82) is 5.26 Å². The molecule has 0 bridgehead atoms. The topological polar surface area (TPSA) is 79.2 Å². The normalized spacial score (nSPS) is 13.2. The monoisotopic (exact) mass is 310 g/mol. The molecular weight excluding hydrogens is 300 g/mol. The lowest BCUT2D eigenvalue weighted by Gasteiger charge is -2.03. The van der Waals surface area contributed by atoms with E-state index in [-0.39, 0.29) is 23.9 Å². The van der Waals surface area contributed by atoms with E-state index in [9.17, 15) is 9.59 Å². The average molecular weight is 310 g/mol. The number of Topliss-reactive ketones (excluding diaryl/α,β-unsaturated/α-hetero) is 1. The summed E-state index contributed by atoms with van der Waals surface area (Å²) in [7, 11) is 0. The summed E-state index contributed by atoms with van der Waals surface area (Å²) in [6.45, 7) is 0.282. The van der Waals surface area contributed by atoms with E-state index < -0.39 is 0 Å². The van der Waals surface area contributed by atoms with E-state index in [1.165, 1.54) is 17.5 Å². The molecule has 0 spiro atoms. The SMILES string of the molecule is N#C/C(=C/Nc1ccc2c(c1)C(=O)OC2)C(=O)c1cccs1. The minimum Gasteiger partial charge on any atom is -0.457 e. The van der Waals surface area contributed by atoms with Crippen LogP contribution in [0.2, 0.25) is 0 Å². The number of ether oxygens (including phenoxy) is 1. The first-order valence-electron chi connectivity index (χ1n) is 6.44. The third kappa shape index (κ3) is 2.62. The van der Waals surface area contributed by atoms with Gasteiger partial charge in [-0.25, -0.2) is 4.79 Å². The molecule has 22 heavy (non-hydrogen) atoms. The first kappa shape index (κ1) is 14.0. The van der Waals surface area contributed by atoms with E-state index >= 15 is 0 Å². The standard InChI is InChI=1S/C16H10N2O3S/c17-7-11(15(19)14-2-1-5-22-14)8-18-12-4-3-10-9-21-16(20)13(10)6-12/h1-6,8,18H,9H2/b11-8-. The number of esters is 1. The van der Waals surface area contributed by atoms with Gasteiger partial charge in [0.2, 0.25) is 5.78 Å². The van der Waals surface area contributed by atoms with Crippen molar-refractivity contribution in [3.63, 3.8) is 0 Å². The van der Waals surface area contributed by atoms with Crippen molar-refractivity contribution in [2.45, 2.75) is 6.61 Å². The summed E-state index contributed by atoms with van der Waals surface area (Å²) in [5, 5.41) is 13.8. The number of cyclic esters (lactones) is 1. The van der Waals surface area contributed by atoms with Gasteiger partial charge < -0.3 is 10.1 Å². The van der Waals surface area contributed by atoms with E-state index in [1.807, 2.05) is 6.07 Å². The second-order valence-electron chi connectivity index (χ2n) is 4.57. The van der Waals surface area contributed by atoms with Crippen LogP contribution in [-0.2, 0) is 11.3 Å². The summed E-state index contributed by atoms with van der Waals surface area (Å²) >= 11 is 1.28. The maximum Gasteiger partial charge on any atom is 0.338 e. The molecule has 1 aliphatic rings. The smallest absolute Gasteiger partial charge is 0.338 e. The molecule has 0 saturated heterocycles. The molecule has 3 rings (SSSR count). The minimum absolute atomic E-state index is 0.00512. The summed E-state index contributed by atoms with van der Waals surface area (Å²) in [5.74, 6) is -0.691. The van der Waals surface area contributed by atoms with Crippen LogP contribution < -0.4 is 5.32 Å². The number of allylic oxidation sites excluding steroid dienone is 1. The lowest BCUT2D eigenvalue weighted by atomic mass is 10.1. The number of benzene rings is 1. The molecule has 108 valence electrons. The molecule has 6 heteroatoms. The summed E-state index contributed by atoms with van der Waals surface area (Å²) < 4.78 is 4.93. The summed E-state index contributed by atoms with van der Waals surface area (Å²) in [4.78, 5) is 24.1. The van der Waals surface area contributed by atoms with E-state index in [4.69, 9.17) is 10.00 Å². The second-order valence-corrected chi connectivity index (χ2v) is 5.52. The predicted octanol–water partition coefficient (Wildman–Crippen LogP) is 3.12. The third-order valence-electron chi connectivity index (χ3n) is 3.18. The Morgan fingerprint density at radius 3 is 3.00 bits per heavy atom. The highest BCUT2D eigenvalue weighted by atomic mass is 32.1. The molecule has 1 aromatic heterocycles. The molecule has 0 aliphatic carbocycles. The lowest BCUT2D eigenvalue weighted by molar-refractivity contribution is 0.0535. The quantitative estimate of drug-likeness (QED) is 0.406. The molecule has 1 aliphatic heterocycles. The molecule has 0 radical (unpaired) electrons. The molecule has 0 saturated carbocycles. The second kappa shape index (κ2) is 5.84. The molecule has 0 amide bonds. The highest BCUT2D eigenvalue weighted by Gasteiger charge is 2.21. The Hall–Kier alpha value is -2.91. The van der Waals surface area contributed by atoms with Crippen LogP contribution in [0.25, 0.3) is 0 Å². The molecule has 1 N–H and O–H groups in total. The van der Waals surface area contributed by atoms with E-state index in [0.29, 0.717) is 16.1 Å². The van der Waals surface area contributed by atoms with E-state index in [1.54, 1.807) is 35.7 Å². The van der Waals surface area contributed by atoms with Crippen LogP contribution in [0.1, 0.15) is 25.6 Å². The van der Waals surface area contributed by atoms with Gasteiger partial charge in [0, 0.05) is 17.5 Å². The van der Waals surface area contributed by atoms with Crippen LogP contribution in [-0.4, -0.2) is 11.8 Å². The number of carbonyl (C=O) groups excluding carboxylic acids is 2. The number of anilines is 1. The zero-order chi connectivity index (χ0) is 15.5. The summed E-state index contributed by atoms with van der Waals surface area (Å²) in [6, 6.07) is 10.5. The van der Waals surface area contributed by atoms with E-state index in [0.717, 1.165) is 5.56 Å². The van der Waals surface area contributed by atoms with Crippen LogP contribution in [0.5, 0.6) is 0 Å². The van der Waals surface area contributed by atoms with Gasteiger partial charge in [-0.1, -0.05) is 12.1 Å². The number of ketones is 1. The largest absolute Gasteiger partial charge is 0.457 e. The van der Waals surface area contributed by atoms with Crippen molar-refractivity contribution in [1.82, 2.24) is 0 Å². The summed E-state index contributed by atoms with van der Waals surface area (Å²) in [5.41, 5.74) is 1.95. The fourth-order valence-corrected chi connectivity index (χ4v) is 2.73. The number of carbonyl (C=O) groups is 2. The molecule has 2 heterocycles. The van der Waals surface area contributed by atoms with Gasteiger partial charge in [0.1, 0.15) is 18.2 Å². The predicted molar refractivity (Wildman–Crippen MR) is 81.5 cm³/mol. The number of nitrogens with one attached hydrogen (secondary N) is 1. The highest BCUT2D eigenvalue weighted by molar-refractivity contribution is 7.12. The molecule has 0 unspecified atom stereocenters. The van der Waals surface area contributed by atoms with Crippen molar-refractivity contribution in [3.05, 3.63) is 63.5 Å². The number of fused-ring (bicyclic) bond motifs is 1. The highest BCUT2D eigenvalue weighted by Crippen LogP contribution is 2.23. The van der Waals surface area contributed by atoms with Crippen LogP contribution in [0, 0.1) is 11.3 Å². The van der Waals surface area contributed by atoms with Gasteiger partial charge in [0.05, 0.1) is 10.4 Å². The van der Waals surface area contributed by atoms with Crippen LogP contribution in [0.15, 0.2) is 47.5 Å². The molecule has 0 atom stereocenters. The molecule has 0 fully saturated rings. The van der Waals surface area contributed by atoms with Gasteiger partial charge in [0.15, 0.2) is 0 Å². The maximum atomic E-state index is 12.1. The first-order valence-corrected chi connectivity index (χ1v) is 7.32. The molecule has 2 aromatic rings. The van der Waals surface area contributed by atoms with Gasteiger partial charge in [0.25, 0.3) is 0 Å². The summed E-state index contributed by atoms with van der Waals surface area (Å²) in [6.07, 6.45) is 1.35. The van der Waals surface area contributed by atoms with Crippen molar-refractivity contribution >= 4 is 28.8 Å². The lowest BCUT2D eigenvalue weighted by Crippen LogP contribution is -2.02. The van der Waals surface area contributed by atoms with Crippen molar-refractivity contribution < 1.29 is 14.3 Å². The zero-order valence-corrected chi connectivity index (χ0v) is 12.1.